The summed E-state index contributed by atoms with van der Waals surface area (Å²) in [5.74, 6) is -1.79. The summed E-state index contributed by atoms with van der Waals surface area (Å²) in [6.45, 7) is 3.99. The van der Waals surface area contributed by atoms with Crippen molar-refractivity contribution in [3.05, 3.63) is 35.8 Å². The quantitative estimate of drug-likeness (QED) is 0.850. The lowest BCUT2D eigenvalue weighted by Crippen LogP contribution is -2.33. The first-order valence-corrected chi connectivity index (χ1v) is 6.97. The number of nitrogens with one attached hydrogen (secondary N) is 1. The van der Waals surface area contributed by atoms with Crippen molar-refractivity contribution in [3.8, 4) is 0 Å². The lowest BCUT2D eigenvalue weighted by Gasteiger charge is -2.11. The van der Waals surface area contributed by atoms with Crippen LogP contribution in [0.2, 0.25) is 0 Å². The molecule has 2 aromatic rings. The molecule has 2 aromatic heterocycles. The molecule has 0 saturated heterocycles. The van der Waals surface area contributed by atoms with Gasteiger partial charge in [-0.3, -0.25) is 9.59 Å². The molecule has 1 amide bonds. The van der Waals surface area contributed by atoms with Gasteiger partial charge in [-0.1, -0.05) is 13.3 Å². The minimum absolute atomic E-state index is 0.120. The Morgan fingerprint density at radius 1 is 1.48 bits per heavy atom. The Morgan fingerprint density at radius 3 is 2.90 bits per heavy atom. The van der Waals surface area contributed by atoms with Gasteiger partial charge in [0.05, 0.1) is 5.92 Å². The summed E-state index contributed by atoms with van der Waals surface area (Å²) in [7, 11) is 0. The van der Waals surface area contributed by atoms with E-state index in [-0.39, 0.29) is 12.5 Å². The second kappa shape index (κ2) is 6.39. The van der Waals surface area contributed by atoms with Gasteiger partial charge in [0.15, 0.2) is 0 Å². The molecule has 0 saturated carbocycles. The average Bonchev–Trinajstić information content (AvgIpc) is 2.85. The number of amides is 1. The van der Waals surface area contributed by atoms with Crippen LogP contribution in [0.1, 0.15) is 35.8 Å². The number of carboxylic acids is 1. The van der Waals surface area contributed by atoms with Crippen LogP contribution in [-0.2, 0) is 4.79 Å². The van der Waals surface area contributed by atoms with Crippen molar-refractivity contribution in [1.29, 1.82) is 0 Å². The topological polar surface area (TPSA) is 83.7 Å². The van der Waals surface area contributed by atoms with E-state index in [9.17, 15) is 9.59 Å². The Bertz CT molecular complexity index is 663. The van der Waals surface area contributed by atoms with Gasteiger partial charge in [-0.2, -0.15) is 0 Å². The summed E-state index contributed by atoms with van der Waals surface area (Å²) in [6.07, 6.45) is 4.78. The molecule has 1 atom stereocenters. The lowest BCUT2D eigenvalue weighted by molar-refractivity contribution is -0.141. The fraction of sp³-hybridized carbons (Fsp3) is 0.400. The number of fused-ring (bicyclic) bond motifs is 1. The largest absolute Gasteiger partial charge is 0.481 e. The molecule has 6 nitrogen and oxygen atoms in total. The Balaban J connectivity index is 2.06. The minimum atomic E-state index is -0.886. The van der Waals surface area contributed by atoms with Crippen molar-refractivity contribution in [2.24, 2.45) is 5.92 Å². The number of hydrogen-bond acceptors (Lipinski definition) is 3. The van der Waals surface area contributed by atoms with Crippen molar-refractivity contribution >= 4 is 17.5 Å². The Morgan fingerprint density at radius 2 is 2.24 bits per heavy atom. The number of aliphatic carboxylic acids is 1. The number of carbonyl (C=O) groups is 2. The van der Waals surface area contributed by atoms with Gasteiger partial charge in [0, 0.05) is 18.9 Å². The zero-order valence-corrected chi connectivity index (χ0v) is 12.2. The molecule has 0 aliphatic rings. The van der Waals surface area contributed by atoms with E-state index in [1.807, 2.05) is 32.2 Å². The fourth-order valence-electron chi connectivity index (χ4n) is 2.16. The van der Waals surface area contributed by atoms with Crippen LogP contribution in [0.5, 0.6) is 0 Å². The van der Waals surface area contributed by atoms with E-state index in [4.69, 9.17) is 5.11 Å². The second-order valence-electron chi connectivity index (χ2n) is 5.13. The number of carbonyl (C=O) groups excluding carboxylic acids is 1. The van der Waals surface area contributed by atoms with Crippen LogP contribution in [0.4, 0.5) is 0 Å². The molecule has 2 rings (SSSR count). The summed E-state index contributed by atoms with van der Waals surface area (Å²) in [5, 5.41) is 11.7. The number of imidazole rings is 1. The zero-order valence-electron chi connectivity index (χ0n) is 12.2. The number of carboxylic acid groups (broad SMARTS) is 1. The standard InChI is InChI=1S/C15H19N3O3/c1-3-4-11(15(20)21)8-16-14(19)12-9-18-6-5-10(2)7-13(18)17-12/h5-7,9,11H,3-4,8H2,1-2H3,(H,16,19)(H,20,21). The Kier molecular flexibility index (Phi) is 4.57. The summed E-state index contributed by atoms with van der Waals surface area (Å²) >= 11 is 0. The maximum Gasteiger partial charge on any atom is 0.308 e. The zero-order chi connectivity index (χ0) is 15.4. The number of aromatic nitrogens is 2. The van der Waals surface area contributed by atoms with Crippen LogP contribution in [0, 0.1) is 12.8 Å². The molecular formula is C15H19N3O3. The van der Waals surface area contributed by atoms with Gasteiger partial charge in [0.2, 0.25) is 0 Å². The highest BCUT2D eigenvalue weighted by Crippen LogP contribution is 2.09. The van der Waals surface area contributed by atoms with Crippen LogP contribution < -0.4 is 5.32 Å². The monoisotopic (exact) mass is 289 g/mol. The third-order valence-electron chi connectivity index (χ3n) is 3.34. The van der Waals surface area contributed by atoms with Gasteiger partial charge in [-0.05, 0) is 31.0 Å². The van der Waals surface area contributed by atoms with E-state index in [2.05, 4.69) is 10.3 Å². The van der Waals surface area contributed by atoms with Gasteiger partial charge in [0.25, 0.3) is 5.91 Å². The number of rotatable bonds is 6. The van der Waals surface area contributed by atoms with Gasteiger partial charge in [-0.25, -0.2) is 4.98 Å². The van der Waals surface area contributed by atoms with Crippen molar-refractivity contribution in [2.75, 3.05) is 6.54 Å². The van der Waals surface area contributed by atoms with E-state index in [1.165, 1.54) is 0 Å². The summed E-state index contributed by atoms with van der Waals surface area (Å²) < 4.78 is 1.77. The van der Waals surface area contributed by atoms with E-state index in [1.54, 1.807) is 10.6 Å². The third-order valence-corrected chi connectivity index (χ3v) is 3.34. The molecule has 0 fully saturated rings. The second-order valence-corrected chi connectivity index (χ2v) is 5.13. The average molecular weight is 289 g/mol. The number of nitrogens with zero attached hydrogens (tertiary/aromatic N) is 2. The highest BCUT2D eigenvalue weighted by atomic mass is 16.4. The molecule has 0 aliphatic carbocycles. The first kappa shape index (κ1) is 15.0. The molecule has 6 heteroatoms. The molecule has 21 heavy (non-hydrogen) atoms. The normalized spacial score (nSPS) is 12.3. The van der Waals surface area contributed by atoms with Crippen molar-refractivity contribution in [3.63, 3.8) is 0 Å². The molecule has 0 aromatic carbocycles. The van der Waals surface area contributed by atoms with Gasteiger partial charge in [-0.15, -0.1) is 0 Å². The van der Waals surface area contributed by atoms with Crippen LogP contribution in [-0.4, -0.2) is 32.9 Å². The molecule has 2 N–H and O–H groups in total. The van der Waals surface area contributed by atoms with Crippen LogP contribution >= 0.6 is 0 Å². The molecule has 0 aliphatic heterocycles. The smallest absolute Gasteiger partial charge is 0.308 e. The molecule has 1 unspecified atom stereocenters. The number of aryl methyl sites for hydroxylation is 1. The molecule has 112 valence electrons. The highest BCUT2D eigenvalue weighted by molar-refractivity contribution is 5.93. The summed E-state index contributed by atoms with van der Waals surface area (Å²) in [6, 6.07) is 3.81. The molecule has 0 radical (unpaired) electrons. The van der Waals surface area contributed by atoms with Crippen molar-refractivity contribution in [1.82, 2.24) is 14.7 Å². The van der Waals surface area contributed by atoms with Gasteiger partial charge < -0.3 is 14.8 Å². The number of pyridine rings is 1. The summed E-state index contributed by atoms with van der Waals surface area (Å²) in [4.78, 5) is 27.3. The SMILES string of the molecule is CCCC(CNC(=O)c1cn2ccc(C)cc2n1)C(=O)O. The van der Waals surface area contributed by atoms with Gasteiger partial charge in [0.1, 0.15) is 11.3 Å². The Hall–Kier alpha value is -2.37. The highest BCUT2D eigenvalue weighted by Gasteiger charge is 2.18. The van der Waals surface area contributed by atoms with Crippen LogP contribution in [0.15, 0.2) is 24.5 Å². The molecule has 0 spiro atoms. The van der Waals surface area contributed by atoms with E-state index < -0.39 is 11.9 Å². The van der Waals surface area contributed by atoms with Crippen molar-refractivity contribution in [2.45, 2.75) is 26.7 Å². The number of hydrogen-bond donors (Lipinski definition) is 2. The predicted octanol–water partition coefficient (Wildman–Crippen LogP) is 1.87. The summed E-state index contributed by atoms with van der Waals surface area (Å²) in [5.41, 5.74) is 2.05. The van der Waals surface area contributed by atoms with E-state index >= 15 is 0 Å². The first-order valence-electron chi connectivity index (χ1n) is 6.97. The molecule has 0 bridgehead atoms. The van der Waals surface area contributed by atoms with E-state index in [0.29, 0.717) is 17.8 Å². The maximum absolute atomic E-state index is 12.1. The minimum Gasteiger partial charge on any atom is -0.481 e. The third kappa shape index (κ3) is 3.59. The molecule has 2 heterocycles. The Labute approximate surface area is 122 Å². The predicted molar refractivity (Wildman–Crippen MR) is 78.3 cm³/mol. The van der Waals surface area contributed by atoms with E-state index in [0.717, 1.165) is 12.0 Å². The molecular weight excluding hydrogens is 270 g/mol. The first-order chi connectivity index (χ1) is 10.0. The lowest BCUT2D eigenvalue weighted by atomic mass is 10.0. The van der Waals surface area contributed by atoms with Crippen molar-refractivity contribution < 1.29 is 14.7 Å². The van der Waals surface area contributed by atoms with Gasteiger partial charge >= 0.3 is 5.97 Å². The fourth-order valence-corrected chi connectivity index (χ4v) is 2.16. The van der Waals surface area contributed by atoms with Crippen LogP contribution in [0.3, 0.4) is 0 Å². The van der Waals surface area contributed by atoms with Crippen LogP contribution in [0.25, 0.3) is 5.65 Å². The maximum atomic E-state index is 12.1.